The minimum absolute atomic E-state index is 0.0419. The van der Waals surface area contributed by atoms with Crippen molar-refractivity contribution in [2.24, 2.45) is 5.92 Å². The molecule has 0 radical (unpaired) electrons. The van der Waals surface area contributed by atoms with E-state index in [1.165, 1.54) is 0 Å². The number of rotatable bonds is 3. The van der Waals surface area contributed by atoms with Gasteiger partial charge in [-0.15, -0.1) is 0 Å². The van der Waals surface area contributed by atoms with Crippen molar-refractivity contribution in [3.8, 4) is 11.4 Å². The Labute approximate surface area is 105 Å². The molecule has 2 unspecified atom stereocenters. The molecule has 3 rings (SSSR count). The second-order valence-electron chi connectivity index (χ2n) is 4.61. The molecule has 1 fully saturated rings. The average Bonchev–Trinajstić information content (AvgIpc) is 2.77. The lowest BCUT2D eigenvalue weighted by Gasteiger charge is -2.35. The molecule has 0 spiro atoms. The van der Waals surface area contributed by atoms with E-state index in [4.69, 9.17) is 5.11 Å². The number of benzene rings is 1. The number of hydrogen-bond acceptors (Lipinski definition) is 2. The number of hydrogen-bond donors (Lipinski definition) is 1. The van der Waals surface area contributed by atoms with Crippen LogP contribution in [0.25, 0.3) is 11.4 Å². The van der Waals surface area contributed by atoms with E-state index in [2.05, 4.69) is 4.98 Å². The van der Waals surface area contributed by atoms with Crippen LogP contribution in [0, 0.1) is 5.92 Å². The smallest absolute Gasteiger partial charge is 0.308 e. The van der Waals surface area contributed by atoms with E-state index < -0.39 is 5.97 Å². The predicted octanol–water partition coefficient (Wildman–Crippen LogP) is 2.59. The van der Waals surface area contributed by atoms with Gasteiger partial charge in [0.25, 0.3) is 0 Å². The van der Waals surface area contributed by atoms with Crippen molar-refractivity contribution in [2.75, 3.05) is 0 Å². The summed E-state index contributed by atoms with van der Waals surface area (Å²) in [5.74, 6) is -0.132. The van der Waals surface area contributed by atoms with Crippen molar-refractivity contribution in [1.29, 1.82) is 0 Å². The molecule has 1 aliphatic rings. The van der Waals surface area contributed by atoms with Crippen LogP contribution in [0.1, 0.15) is 18.9 Å². The van der Waals surface area contributed by atoms with Gasteiger partial charge in [-0.2, -0.15) is 0 Å². The highest BCUT2D eigenvalue weighted by molar-refractivity contribution is 5.72. The van der Waals surface area contributed by atoms with Crippen LogP contribution in [0.3, 0.4) is 0 Å². The van der Waals surface area contributed by atoms with Crippen molar-refractivity contribution in [1.82, 2.24) is 9.55 Å². The predicted molar refractivity (Wildman–Crippen MR) is 67.1 cm³/mol. The molecule has 1 heterocycles. The van der Waals surface area contributed by atoms with Crippen LogP contribution in [0.5, 0.6) is 0 Å². The van der Waals surface area contributed by atoms with Gasteiger partial charge in [0.2, 0.25) is 0 Å². The summed E-state index contributed by atoms with van der Waals surface area (Å²) in [5, 5.41) is 9.13. The highest BCUT2D eigenvalue weighted by atomic mass is 16.4. The number of nitrogens with zero attached hydrogens (tertiary/aromatic N) is 2. The molecule has 4 nitrogen and oxygen atoms in total. The van der Waals surface area contributed by atoms with Gasteiger partial charge in [0.1, 0.15) is 5.82 Å². The number of aromatic nitrogens is 2. The van der Waals surface area contributed by atoms with Gasteiger partial charge in [-0.3, -0.25) is 4.79 Å². The fourth-order valence-electron chi connectivity index (χ4n) is 2.49. The highest BCUT2D eigenvalue weighted by Crippen LogP contribution is 2.40. The fraction of sp³-hybridized carbons (Fsp3) is 0.286. The van der Waals surface area contributed by atoms with Crippen LogP contribution in [0.2, 0.25) is 0 Å². The molecule has 1 saturated carbocycles. The van der Waals surface area contributed by atoms with Gasteiger partial charge in [0.15, 0.2) is 0 Å². The molecule has 1 aromatic heterocycles. The normalized spacial score (nSPS) is 22.4. The molecule has 1 aliphatic carbocycles. The minimum atomic E-state index is -0.709. The van der Waals surface area contributed by atoms with Crippen molar-refractivity contribution in [2.45, 2.75) is 18.9 Å². The quantitative estimate of drug-likeness (QED) is 0.900. The summed E-state index contributed by atoms with van der Waals surface area (Å²) >= 11 is 0. The molecule has 2 atom stereocenters. The van der Waals surface area contributed by atoms with Crippen LogP contribution in [0.15, 0.2) is 42.7 Å². The lowest BCUT2D eigenvalue weighted by atomic mass is 9.79. The summed E-state index contributed by atoms with van der Waals surface area (Å²) in [6, 6.07) is 9.91. The molecule has 92 valence electrons. The number of carbonyl (C=O) groups is 1. The highest BCUT2D eigenvalue weighted by Gasteiger charge is 2.38. The molecule has 18 heavy (non-hydrogen) atoms. The summed E-state index contributed by atoms with van der Waals surface area (Å²) in [4.78, 5) is 15.5. The maximum absolute atomic E-state index is 11.1. The fourth-order valence-corrected chi connectivity index (χ4v) is 2.49. The first-order valence-corrected chi connectivity index (χ1v) is 6.08. The molecule has 0 bridgehead atoms. The SMILES string of the molecule is O=C(O)C1CCC1n1ccnc1-c1ccccc1. The third-order valence-corrected chi connectivity index (χ3v) is 3.61. The molecule has 0 aliphatic heterocycles. The Morgan fingerprint density at radius 2 is 2.06 bits per heavy atom. The minimum Gasteiger partial charge on any atom is -0.481 e. The van der Waals surface area contributed by atoms with Gasteiger partial charge in [0.05, 0.1) is 5.92 Å². The second kappa shape index (κ2) is 4.29. The monoisotopic (exact) mass is 242 g/mol. The third-order valence-electron chi connectivity index (χ3n) is 3.61. The van der Waals surface area contributed by atoms with Crippen LogP contribution < -0.4 is 0 Å². The first-order chi connectivity index (χ1) is 8.77. The summed E-state index contributed by atoms with van der Waals surface area (Å²) in [6.45, 7) is 0. The van der Waals surface area contributed by atoms with E-state index in [1.54, 1.807) is 6.20 Å². The summed E-state index contributed by atoms with van der Waals surface area (Å²) in [7, 11) is 0. The third kappa shape index (κ3) is 1.70. The zero-order valence-electron chi connectivity index (χ0n) is 9.86. The first kappa shape index (κ1) is 11.0. The lowest BCUT2D eigenvalue weighted by molar-refractivity contribution is -0.147. The first-order valence-electron chi connectivity index (χ1n) is 6.08. The van der Waals surface area contributed by atoms with Gasteiger partial charge in [-0.1, -0.05) is 30.3 Å². The largest absolute Gasteiger partial charge is 0.481 e. The van der Waals surface area contributed by atoms with Crippen molar-refractivity contribution in [3.63, 3.8) is 0 Å². The topological polar surface area (TPSA) is 55.1 Å². The van der Waals surface area contributed by atoms with E-state index >= 15 is 0 Å². The van der Waals surface area contributed by atoms with Gasteiger partial charge < -0.3 is 9.67 Å². The molecule has 1 N–H and O–H groups in total. The van der Waals surface area contributed by atoms with Gasteiger partial charge in [-0.05, 0) is 12.8 Å². The Morgan fingerprint density at radius 1 is 1.28 bits per heavy atom. The second-order valence-corrected chi connectivity index (χ2v) is 4.61. The van der Waals surface area contributed by atoms with Gasteiger partial charge >= 0.3 is 5.97 Å². The Morgan fingerprint density at radius 3 is 2.67 bits per heavy atom. The Bertz CT molecular complexity index is 562. The standard InChI is InChI=1S/C14H14N2O2/c17-14(18)11-6-7-12(11)16-9-8-15-13(16)10-4-2-1-3-5-10/h1-5,8-9,11-12H,6-7H2,(H,17,18). The number of carboxylic acid groups (broad SMARTS) is 1. The molecule has 4 heteroatoms. The molecule has 0 saturated heterocycles. The molecule has 0 amide bonds. The summed E-state index contributed by atoms with van der Waals surface area (Å²) in [6.07, 6.45) is 5.28. The number of aliphatic carboxylic acids is 1. The van der Waals surface area contributed by atoms with Gasteiger partial charge in [-0.25, -0.2) is 4.98 Å². The molecular formula is C14H14N2O2. The maximum Gasteiger partial charge on any atom is 0.308 e. The van der Waals surface area contributed by atoms with E-state index in [0.29, 0.717) is 0 Å². The molecular weight excluding hydrogens is 228 g/mol. The van der Waals surface area contributed by atoms with Crippen LogP contribution in [0.4, 0.5) is 0 Å². The zero-order chi connectivity index (χ0) is 12.5. The zero-order valence-corrected chi connectivity index (χ0v) is 9.86. The Balaban J connectivity index is 1.95. The van der Waals surface area contributed by atoms with Crippen molar-refractivity contribution < 1.29 is 9.90 Å². The van der Waals surface area contributed by atoms with E-state index in [1.807, 2.05) is 41.1 Å². The van der Waals surface area contributed by atoms with Crippen molar-refractivity contribution >= 4 is 5.97 Å². The van der Waals surface area contributed by atoms with Crippen LogP contribution >= 0.6 is 0 Å². The average molecular weight is 242 g/mol. The number of imidazole rings is 1. The maximum atomic E-state index is 11.1. The van der Waals surface area contributed by atoms with Crippen molar-refractivity contribution in [3.05, 3.63) is 42.7 Å². The molecule has 2 aromatic rings. The van der Waals surface area contributed by atoms with E-state index in [-0.39, 0.29) is 12.0 Å². The summed E-state index contributed by atoms with van der Waals surface area (Å²) < 4.78 is 2.00. The van der Waals surface area contributed by atoms with Crippen LogP contribution in [-0.4, -0.2) is 20.6 Å². The van der Waals surface area contributed by atoms with Crippen LogP contribution in [-0.2, 0) is 4.79 Å². The number of carboxylic acids is 1. The summed E-state index contributed by atoms with van der Waals surface area (Å²) in [5.41, 5.74) is 1.03. The lowest BCUT2D eigenvalue weighted by Crippen LogP contribution is -2.34. The Kier molecular flexibility index (Phi) is 2.63. The molecule has 1 aromatic carbocycles. The van der Waals surface area contributed by atoms with E-state index in [9.17, 15) is 4.79 Å². The Hall–Kier alpha value is -2.10. The van der Waals surface area contributed by atoms with Gasteiger partial charge in [0, 0.05) is 24.0 Å². The van der Waals surface area contributed by atoms with E-state index in [0.717, 1.165) is 24.2 Å².